The van der Waals surface area contributed by atoms with Crippen LogP contribution in [-0.2, 0) is 25.5 Å². The van der Waals surface area contributed by atoms with Crippen LogP contribution in [0.5, 0.6) is 0 Å². The zero-order valence-corrected chi connectivity index (χ0v) is 13.0. The molecule has 1 aromatic rings. The molecular weight excluding hydrogens is 308 g/mol. The van der Waals surface area contributed by atoms with Crippen molar-refractivity contribution in [3.8, 4) is 0 Å². The molecule has 0 saturated carbocycles. The topological polar surface area (TPSA) is 72.5 Å². The van der Waals surface area contributed by atoms with E-state index in [4.69, 9.17) is 0 Å². The van der Waals surface area contributed by atoms with Crippen LogP contribution in [0.15, 0.2) is 18.2 Å². The molecule has 0 unspecified atom stereocenters. The van der Waals surface area contributed by atoms with Crippen molar-refractivity contribution in [2.75, 3.05) is 7.11 Å². The summed E-state index contributed by atoms with van der Waals surface area (Å²) in [6.07, 6.45) is -0.0502. The zero-order chi connectivity index (χ0) is 17.4. The van der Waals surface area contributed by atoms with Gasteiger partial charge < -0.3 is 10.1 Å². The Kier molecular flexibility index (Phi) is 7.31. The number of halogens is 2. The molecule has 5 nitrogen and oxygen atoms in total. The van der Waals surface area contributed by atoms with Gasteiger partial charge in [0.25, 0.3) is 0 Å². The number of amides is 1. The first-order chi connectivity index (χ1) is 10.9. The predicted molar refractivity (Wildman–Crippen MR) is 78.5 cm³/mol. The van der Waals surface area contributed by atoms with E-state index in [2.05, 4.69) is 10.1 Å². The molecule has 1 rings (SSSR count). The van der Waals surface area contributed by atoms with Crippen LogP contribution >= 0.6 is 0 Å². The Hall–Kier alpha value is -2.31. The number of hydrogen-bond acceptors (Lipinski definition) is 4. The van der Waals surface area contributed by atoms with Crippen molar-refractivity contribution in [1.29, 1.82) is 0 Å². The molecule has 126 valence electrons. The molecular formula is C16H19F2NO4. The largest absolute Gasteiger partial charge is 0.467 e. The SMILES string of the molecule is CCC(=O)CC[C@H](NC(=O)Cc1c(F)cccc1F)C(=O)OC. The van der Waals surface area contributed by atoms with Gasteiger partial charge in [0.2, 0.25) is 5.91 Å². The van der Waals surface area contributed by atoms with E-state index in [0.29, 0.717) is 6.42 Å². The Morgan fingerprint density at radius 1 is 1.22 bits per heavy atom. The summed E-state index contributed by atoms with van der Waals surface area (Å²) in [6.45, 7) is 1.69. The fourth-order valence-electron chi connectivity index (χ4n) is 1.98. The van der Waals surface area contributed by atoms with Crippen LogP contribution in [0.1, 0.15) is 31.7 Å². The fourth-order valence-corrected chi connectivity index (χ4v) is 1.98. The maximum absolute atomic E-state index is 13.5. The standard InChI is InChI=1S/C16H19F2NO4/c1-3-10(20)7-8-14(16(22)23-2)19-15(21)9-11-12(17)5-4-6-13(11)18/h4-6,14H,3,7-9H2,1-2H3,(H,19,21)/t14-/m0/s1. The van der Waals surface area contributed by atoms with Crippen LogP contribution < -0.4 is 5.32 Å². The number of esters is 1. The Labute approximate surface area is 133 Å². The lowest BCUT2D eigenvalue weighted by Crippen LogP contribution is -2.42. The van der Waals surface area contributed by atoms with Gasteiger partial charge >= 0.3 is 5.97 Å². The summed E-state index contributed by atoms with van der Waals surface area (Å²) < 4.78 is 31.6. The number of hydrogen-bond donors (Lipinski definition) is 1. The van der Waals surface area contributed by atoms with E-state index in [1.165, 1.54) is 6.07 Å². The fraction of sp³-hybridized carbons (Fsp3) is 0.438. The van der Waals surface area contributed by atoms with E-state index in [0.717, 1.165) is 19.2 Å². The van der Waals surface area contributed by atoms with Crippen LogP contribution in [-0.4, -0.2) is 30.8 Å². The van der Waals surface area contributed by atoms with Crippen LogP contribution in [0, 0.1) is 11.6 Å². The normalized spacial score (nSPS) is 11.7. The second-order valence-electron chi connectivity index (χ2n) is 4.95. The molecule has 0 aliphatic rings. The molecule has 0 aromatic heterocycles. The Morgan fingerprint density at radius 3 is 2.35 bits per heavy atom. The Balaban J connectivity index is 2.73. The maximum atomic E-state index is 13.5. The first-order valence-corrected chi connectivity index (χ1v) is 7.20. The lowest BCUT2D eigenvalue weighted by molar-refractivity contribution is -0.145. The van der Waals surface area contributed by atoms with Crippen LogP contribution in [0.25, 0.3) is 0 Å². The van der Waals surface area contributed by atoms with Gasteiger partial charge in [0.05, 0.1) is 13.5 Å². The number of carbonyl (C=O) groups excluding carboxylic acids is 3. The van der Waals surface area contributed by atoms with Crippen LogP contribution in [0.4, 0.5) is 8.78 Å². The van der Waals surface area contributed by atoms with Gasteiger partial charge in [0.1, 0.15) is 23.5 Å². The van der Waals surface area contributed by atoms with E-state index >= 15 is 0 Å². The minimum absolute atomic E-state index is 0.0618. The van der Waals surface area contributed by atoms with Gasteiger partial charge in [-0.05, 0) is 18.6 Å². The highest BCUT2D eigenvalue weighted by molar-refractivity contribution is 5.86. The lowest BCUT2D eigenvalue weighted by atomic mass is 10.1. The number of methoxy groups -OCH3 is 1. The summed E-state index contributed by atoms with van der Waals surface area (Å²) in [4.78, 5) is 34.9. The van der Waals surface area contributed by atoms with Gasteiger partial charge in [-0.3, -0.25) is 9.59 Å². The third-order valence-corrected chi connectivity index (χ3v) is 3.33. The molecule has 0 radical (unpaired) electrons. The molecule has 0 heterocycles. The van der Waals surface area contributed by atoms with Crippen molar-refractivity contribution in [3.05, 3.63) is 35.4 Å². The minimum Gasteiger partial charge on any atom is -0.467 e. The lowest BCUT2D eigenvalue weighted by Gasteiger charge is -2.16. The molecule has 0 aliphatic carbocycles. The van der Waals surface area contributed by atoms with Crippen molar-refractivity contribution in [2.24, 2.45) is 0 Å². The summed E-state index contributed by atoms with van der Waals surface area (Å²) in [5, 5.41) is 2.35. The first kappa shape index (κ1) is 18.7. The van der Waals surface area contributed by atoms with Crippen molar-refractivity contribution < 1.29 is 27.9 Å². The van der Waals surface area contributed by atoms with Crippen LogP contribution in [0.3, 0.4) is 0 Å². The Morgan fingerprint density at radius 2 is 1.83 bits per heavy atom. The van der Waals surface area contributed by atoms with Gasteiger partial charge in [-0.1, -0.05) is 13.0 Å². The summed E-state index contributed by atoms with van der Waals surface area (Å²) in [5.41, 5.74) is -0.377. The van der Waals surface area contributed by atoms with Gasteiger partial charge in [-0.2, -0.15) is 0 Å². The summed E-state index contributed by atoms with van der Waals surface area (Å²) >= 11 is 0. The zero-order valence-electron chi connectivity index (χ0n) is 13.0. The number of ketones is 1. The van der Waals surface area contributed by atoms with E-state index in [-0.39, 0.29) is 24.2 Å². The first-order valence-electron chi connectivity index (χ1n) is 7.20. The molecule has 1 N–H and O–H groups in total. The second-order valence-corrected chi connectivity index (χ2v) is 4.95. The average molecular weight is 327 g/mol. The molecule has 1 amide bonds. The number of Topliss-reactive ketones (excluding diaryl/α,β-unsaturated/α-hetero) is 1. The smallest absolute Gasteiger partial charge is 0.328 e. The number of ether oxygens (including phenoxy) is 1. The number of rotatable bonds is 8. The molecule has 0 fully saturated rings. The molecule has 0 spiro atoms. The molecule has 7 heteroatoms. The van der Waals surface area contributed by atoms with Crippen LogP contribution in [0.2, 0.25) is 0 Å². The van der Waals surface area contributed by atoms with Crippen molar-refractivity contribution in [3.63, 3.8) is 0 Å². The number of carbonyl (C=O) groups is 3. The quantitative estimate of drug-likeness (QED) is 0.741. The second kappa shape index (κ2) is 8.97. The average Bonchev–Trinajstić information content (AvgIpc) is 2.53. The number of nitrogens with one attached hydrogen (secondary N) is 1. The molecule has 0 aliphatic heterocycles. The molecule has 1 atom stereocenters. The van der Waals surface area contributed by atoms with Crippen molar-refractivity contribution >= 4 is 17.7 Å². The summed E-state index contributed by atoms with van der Waals surface area (Å²) in [7, 11) is 1.15. The highest BCUT2D eigenvalue weighted by atomic mass is 19.1. The Bertz CT molecular complexity index is 569. The van der Waals surface area contributed by atoms with Gasteiger partial charge in [0.15, 0.2) is 0 Å². The van der Waals surface area contributed by atoms with Gasteiger partial charge in [0, 0.05) is 18.4 Å². The minimum atomic E-state index is -1.03. The summed E-state index contributed by atoms with van der Waals surface area (Å²) in [5.74, 6) is -3.18. The highest BCUT2D eigenvalue weighted by Crippen LogP contribution is 2.13. The van der Waals surface area contributed by atoms with Gasteiger partial charge in [-0.15, -0.1) is 0 Å². The maximum Gasteiger partial charge on any atom is 0.328 e. The van der Waals surface area contributed by atoms with E-state index in [9.17, 15) is 23.2 Å². The number of benzene rings is 1. The van der Waals surface area contributed by atoms with E-state index in [1.54, 1.807) is 6.92 Å². The molecule has 23 heavy (non-hydrogen) atoms. The predicted octanol–water partition coefficient (Wildman–Crippen LogP) is 1.92. The monoisotopic (exact) mass is 327 g/mol. The summed E-state index contributed by atoms with van der Waals surface area (Å²) in [6, 6.07) is 2.25. The van der Waals surface area contributed by atoms with E-state index in [1.807, 2.05) is 0 Å². The third-order valence-electron chi connectivity index (χ3n) is 3.33. The molecule has 0 saturated heterocycles. The highest BCUT2D eigenvalue weighted by Gasteiger charge is 2.23. The van der Waals surface area contributed by atoms with E-state index < -0.39 is 36.0 Å². The third kappa shape index (κ3) is 5.77. The molecule has 0 bridgehead atoms. The van der Waals surface area contributed by atoms with Crippen molar-refractivity contribution in [2.45, 2.75) is 38.6 Å². The van der Waals surface area contributed by atoms with Crippen molar-refractivity contribution in [1.82, 2.24) is 5.32 Å². The van der Waals surface area contributed by atoms with Gasteiger partial charge in [-0.25, -0.2) is 13.6 Å². The molecule has 1 aromatic carbocycles.